The summed E-state index contributed by atoms with van der Waals surface area (Å²) in [6.45, 7) is 2.81. The highest BCUT2D eigenvalue weighted by atomic mass is 79.9. The maximum absolute atomic E-state index is 10.7. The minimum Gasteiger partial charge on any atom is -0.481 e. The van der Waals surface area contributed by atoms with Crippen molar-refractivity contribution < 1.29 is 9.90 Å². The van der Waals surface area contributed by atoms with Crippen LogP contribution in [0.1, 0.15) is 24.8 Å². The molecule has 3 nitrogen and oxygen atoms in total. The molecule has 104 valence electrons. The number of piperidine rings is 1. The van der Waals surface area contributed by atoms with Gasteiger partial charge in [0, 0.05) is 17.4 Å². The number of nitrogens with zero attached hydrogens (tertiary/aromatic N) is 1. The van der Waals surface area contributed by atoms with Crippen molar-refractivity contribution >= 4 is 33.5 Å². The second kappa shape index (κ2) is 6.73. The van der Waals surface area contributed by atoms with Crippen LogP contribution in [0.4, 0.5) is 0 Å². The van der Waals surface area contributed by atoms with Crippen molar-refractivity contribution in [3.8, 4) is 0 Å². The summed E-state index contributed by atoms with van der Waals surface area (Å²) in [5.41, 5.74) is 1.20. The molecule has 0 radical (unpaired) electrons. The molecule has 0 unspecified atom stereocenters. The fourth-order valence-electron chi connectivity index (χ4n) is 2.49. The van der Waals surface area contributed by atoms with E-state index in [0.717, 1.165) is 42.0 Å². The molecule has 5 heteroatoms. The summed E-state index contributed by atoms with van der Waals surface area (Å²) in [6.07, 6.45) is 2.24. The molecule has 0 spiro atoms. The third-order valence-electron chi connectivity index (χ3n) is 3.56. The van der Waals surface area contributed by atoms with Gasteiger partial charge in [0.25, 0.3) is 0 Å². The standard InChI is InChI=1S/C14H17BrClNO2/c15-12-2-1-11(7-13(12)16)9-17-5-3-10(4-6-17)8-14(18)19/h1-2,7,10H,3-6,8-9H2,(H,18,19). The lowest BCUT2D eigenvalue weighted by atomic mass is 9.93. The molecule has 1 aromatic carbocycles. The Labute approximate surface area is 126 Å². The van der Waals surface area contributed by atoms with Gasteiger partial charge in [0.2, 0.25) is 0 Å². The Balaban J connectivity index is 1.85. The van der Waals surface area contributed by atoms with Crippen LogP contribution < -0.4 is 0 Å². The van der Waals surface area contributed by atoms with Crippen LogP contribution in [0.3, 0.4) is 0 Å². The lowest BCUT2D eigenvalue weighted by Crippen LogP contribution is -2.33. The Morgan fingerprint density at radius 1 is 1.42 bits per heavy atom. The molecule has 0 aromatic heterocycles. The van der Waals surface area contributed by atoms with Crippen LogP contribution in [0.15, 0.2) is 22.7 Å². The minimum atomic E-state index is -0.682. The van der Waals surface area contributed by atoms with Crippen LogP contribution in [0, 0.1) is 5.92 Å². The van der Waals surface area contributed by atoms with Crippen molar-refractivity contribution in [2.24, 2.45) is 5.92 Å². The molecule has 1 heterocycles. The molecular formula is C14H17BrClNO2. The molecule has 1 saturated heterocycles. The Kier molecular flexibility index (Phi) is 5.25. The molecule has 0 bridgehead atoms. The van der Waals surface area contributed by atoms with E-state index in [-0.39, 0.29) is 0 Å². The number of carbonyl (C=O) groups is 1. The van der Waals surface area contributed by atoms with Gasteiger partial charge in [-0.2, -0.15) is 0 Å². The third-order valence-corrected chi connectivity index (χ3v) is 4.79. The Morgan fingerprint density at radius 2 is 2.11 bits per heavy atom. The highest BCUT2D eigenvalue weighted by Crippen LogP contribution is 2.25. The van der Waals surface area contributed by atoms with Gasteiger partial charge in [-0.05, 0) is 65.5 Å². The summed E-state index contributed by atoms with van der Waals surface area (Å²) in [5, 5.41) is 9.53. The van der Waals surface area contributed by atoms with E-state index >= 15 is 0 Å². The van der Waals surface area contributed by atoms with Crippen molar-refractivity contribution in [1.82, 2.24) is 4.90 Å². The summed E-state index contributed by atoms with van der Waals surface area (Å²) in [7, 11) is 0. The van der Waals surface area contributed by atoms with Crippen molar-refractivity contribution in [3.63, 3.8) is 0 Å². The molecule has 1 aromatic rings. The number of hydrogen-bond donors (Lipinski definition) is 1. The summed E-state index contributed by atoms with van der Waals surface area (Å²) in [6, 6.07) is 6.02. The fraction of sp³-hybridized carbons (Fsp3) is 0.500. The second-order valence-corrected chi connectivity index (χ2v) is 6.33. The van der Waals surface area contributed by atoms with E-state index in [1.807, 2.05) is 12.1 Å². The Bertz CT molecular complexity index is 459. The van der Waals surface area contributed by atoms with Gasteiger partial charge >= 0.3 is 5.97 Å². The van der Waals surface area contributed by atoms with Gasteiger partial charge in [-0.1, -0.05) is 17.7 Å². The predicted octanol–water partition coefficient (Wildman–Crippen LogP) is 3.79. The van der Waals surface area contributed by atoms with Crippen LogP contribution in [0.5, 0.6) is 0 Å². The highest BCUT2D eigenvalue weighted by Gasteiger charge is 2.21. The molecule has 2 rings (SSSR count). The first-order chi connectivity index (χ1) is 9.04. The minimum absolute atomic E-state index is 0.304. The summed E-state index contributed by atoms with van der Waals surface area (Å²) in [5.74, 6) is -0.347. The molecule has 1 aliphatic heterocycles. The second-order valence-electron chi connectivity index (χ2n) is 5.07. The van der Waals surface area contributed by atoms with Crippen molar-refractivity contribution in [2.75, 3.05) is 13.1 Å². The zero-order valence-corrected chi connectivity index (χ0v) is 13.0. The number of rotatable bonds is 4. The molecule has 19 heavy (non-hydrogen) atoms. The van der Waals surface area contributed by atoms with Crippen molar-refractivity contribution in [2.45, 2.75) is 25.8 Å². The third kappa shape index (κ3) is 4.48. The molecule has 1 aliphatic rings. The molecular weight excluding hydrogens is 330 g/mol. The first-order valence-corrected chi connectivity index (χ1v) is 7.60. The number of benzene rings is 1. The average molecular weight is 347 g/mol. The molecule has 0 amide bonds. The van der Waals surface area contributed by atoms with E-state index in [1.54, 1.807) is 0 Å². The van der Waals surface area contributed by atoms with E-state index in [2.05, 4.69) is 26.9 Å². The number of hydrogen-bond acceptors (Lipinski definition) is 2. The van der Waals surface area contributed by atoms with Gasteiger partial charge in [0.05, 0.1) is 5.02 Å². The highest BCUT2D eigenvalue weighted by molar-refractivity contribution is 9.10. The zero-order chi connectivity index (χ0) is 13.8. The maximum Gasteiger partial charge on any atom is 0.303 e. The Morgan fingerprint density at radius 3 is 2.68 bits per heavy atom. The van der Waals surface area contributed by atoms with Gasteiger partial charge in [-0.3, -0.25) is 9.69 Å². The van der Waals surface area contributed by atoms with E-state index in [0.29, 0.717) is 12.3 Å². The van der Waals surface area contributed by atoms with Crippen molar-refractivity contribution in [3.05, 3.63) is 33.3 Å². The van der Waals surface area contributed by atoms with Crippen molar-refractivity contribution in [1.29, 1.82) is 0 Å². The molecule has 1 fully saturated rings. The van der Waals surface area contributed by atoms with Crippen LogP contribution in [-0.4, -0.2) is 29.1 Å². The van der Waals surface area contributed by atoms with E-state index < -0.39 is 5.97 Å². The number of halogens is 2. The van der Waals surface area contributed by atoms with Crippen LogP contribution in [0.2, 0.25) is 5.02 Å². The van der Waals surface area contributed by atoms with Gasteiger partial charge in [-0.25, -0.2) is 0 Å². The molecule has 1 N–H and O–H groups in total. The average Bonchev–Trinajstić information content (AvgIpc) is 2.36. The lowest BCUT2D eigenvalue weighted by Gasteiger charge is -2.31. The van der Waals surface area contributed by atoms with Crippen LogP contribution in [-0.2, 0) is 11.3 Å². The van der Waals surface area contributed by atoms with E-state index in [4.69, 9.17) is 16.7 Å². The normalized spacial score (nSPS) is 17.6. The fourth-order valence-corrected chi connectivity index (χ4v) is 2.94. The number of likely N-dealkylation sites (tertiary alicyclic amines) is 1. The number of carboxylic acid groups (broad SMARTS) is 1. The summed E-state index contributed by atoms with van der Waals surface area (Å²) in [4.78, 5) is 13.0. The molecule has 0 aliphatic carbocycles. The van der Waals surface area contributed by atoms with Gasteiger partial charge in [-0.15, -0.1) is 0 Å². The first-order valence-electron chi connectivity index (χ1n) is 6.42. The van der Waals surface area contributed by atoms with E-state index in [9.17, 15) is 4.79 Å². The lowest BCUT2D eigenvalue weighted by molar-refractivity contribution is -0.138. The largest absolute Gasteiger partial charge is 0.481 e. The monoisotopic (exact) mass is 345 g/mol. The summed E-state index contributed by atoms with van der Waals surface area (Å²) >= 11 is 9.47. The van der Waals surface area contributed by atoms with Crippen LogP contribution in [0.25, 0.3) is 0 Å². The number of aliphatic carboxylic acids is 1. The van der Waals surface area contributed by atoms with Gasteiger partial charge < -0.3 is 5.11 Å². The quantitative estimate of drug-likeness (QED) is 0.902. The van der Waals surface area contributed by atoms with Crippen LogP contribution >= 0.6 is 27.5 Å². The Hall–Kier alpha value is -0.580. The molecule has 0 saturated carbocycles. The SMILES string of the molecule is O=C(O)CC1CCN(Cc2ccc(Br)c(Cl)c2)CC1. The topological polar surface area (TPSA) is 40.5 Å². The number of carboxylic acids is 1. The van der Waals surface area contributed by atoms with E-state index in [1.165, 1.54) is 5.56 Å². The zero-order valence-electron chi connectivity index (χ0n) is 10.6. The summed E-state index contributed by atoms with van der Waals surface area (Å²) < 4.78 is 0.915. The first kappa shape index (κ1) is 14.8. The molecule has 0 atom stereocenters. The smallest absolute Gasteiger partial charge is 0.303 e. The predicted molar refractivity (Wildman–Crippen MR) is 79.4 cm³/mol. The van der Waals surface area contributed by atoms with Gasteiger partial charge in [0.1, 0.15) is 0 Å². The van der Waals surface area contributed by atoms with Gasteiger partial charge in [0.15, 0.2) is 0 Å². The maximum atomic E-state index is 10.7.